The predicted molar refractivity (Wildman–Crippen MR) is 80.8 cm³/mol. The quantitative estimate of drug-likeness (QED) is 0.750. The van der Waals surface area contributed by atoms with E-state index in [-0.39, 0.29) is 11.1 Å². The predicted octanol–water partition coefficient (Wildman–Crippen LogP) is 3.15. The van der Waals surface area contributed by atoms with Crippen molar-refractivity contribution in [1.29, 1.82) is 0 Å². The first-order valence-electron chi connectivity index (χ1n) is 6.63. The normalized spacial score (nSPS) is 13.7. The van der Waals surface area contributed by atoms with Gasteiger partial charge in [-0.05, 0) is 11.5 Å². The second kappa shape index (κ2) is 7.88. The molecule has 1 aromatic carbocycles. The van der Waals surface area contributed by atoms with Gasteiger partial charge in [0, 0.05) is 11.9 Å². The summed E-state index contributed by atoms with van der Waals surface area (Å²) in [5, 5.41) is -0.152. The second-order valence-corrected chi connectivity index (χ2v) is 7.05. The molecule has 0 fully saturated rings. The van der Waals surface area contributed by atoms with Crippen LogP contribution in [0.4, 0.5) is 0 Å². The van der Waals surface area contributed by atoms with E-state index in [1.807, 2.05) is 18.2 Å². The van der Waals surface area contributed by atoms with Crippen LogP contribution in [0.1, 0.15) is 32.3 Å². The van der Waals surface area contributed by atoms with Gasteiger partial charge in [0.1, 0.15) is 0 Å². The van der Waals surface area contributed by atoms with Crippen molar-refractivity contribution in [3.8, 4) is 0 Å². The first kappa shape index (κ1) is 16.5. The van der Waals surface area contributed by atoms with Crippen LogP contribution in [0.15, 0.2) is 30.3 Å². The average Bonchev–Trinajstić information content (AvgIpc) is 2.38. The molecule has 0 aliphatic rings. The highest BCUT2D eigenvalue weighted by molar-refractivity contribution is 7.88. The molecule has 0 aliphatic carbocycles. The Labute approximate surface area is 121 Å². The summed E-state index contributed by atoms with van der Waals surface area (Å²) in [6.07, 6.45) is 1.93. The fraction of sp³-hybridized carbons (Fsp3) is 0.571. The van der Waals surface area contributed by atoms with Crippen LogP contribution in [-0.4, -0.2) is 20.3 Å². The zero-order chi connectivity index (χ0) is 14.3. The molecule has 0 aromatic heterocycles. The third kappa shape index (κ3) is 5.93. The summed E-state index contributed by atoms with van der Waals surface area (Å²) in [5.74, 6) is 0.349. The monoisotopic (exact) mass is 303 g/mol. The van der Waals surface area contributed by atoms with Gasteiger partial charge in [-0.1, -0.05) is 57.0 Å². The van der Waals surface area contributed by atoms with Crippen molar-refractivity contribution in [3.63, 3.8) is 0 Å². The molecular formula is C14H22ClNO2S. The van der Waals surface area contributed by atoms with Gasteiger partial charge in [-0.3, -0.25) is 0 Å². The minimum absolute atomic E-state index is 0.000363. The Balaban J connectivity index is 2.52. The molecule has 1 rings (SSSR count). The first-order chi connectivity index (χ1) is 8.98. The summed E-state index contributed by atoms with van der Waals surface area (Å²) in [5.41, 5.74) is 0.781. The zero-order valence-corrected chi connectivity index (χ0v) is 13.0. The van der Waals surface area contributed by atoms with E-state index in [1.165, 1.54) is 0 Å². The number of hydrogen-bond donors (Lipinski definition) is 1. The van der Waals surface area contributed by atoms with Crippen molar-refractivity contribution in [2.24, 2.45) is 5.92 Å². The van der Waals surface area contributed by atoms with Crippen LogP contribution in [0.2, 0.25) is 0 Å². The Morgan fingerprint density at radius 3 is 2.26 bits per heavy atom. The number of halogens is 1. The maximum absolute atomic E-state index is 11.9. The molecular weight excluding hydrogens is 282 g/mol. The maximum atomic E-state index is 11.9. The van der Waals surface area contributed by atoms with Crippen LogP contribution in [0.25, 0.3) is 0 Å². The number of hydrogen-bond acceptors (Lipinski definition) is 2. The molecule has 0 bridgehead atoms. The molecule has 108 valence electrons. The third-order valence-electron chi connectivity index (χ3n) is 3.26. The van der Waals surface area contributed by atoms with E-state index in [1.54, 1.807) is 12.1 Å². The lowest BCUT2D eigenvalue weighted by molar-refractivity contribution is 0.460. The van der Waals surface area contributed by atoms with E-state index in [4.69, 9.17) is 11.6 Å². The SMILES string of the molecule is CCC(CC)C(Cl)CNS(=O)(=O)Cc1ccccc1. The maximum Gasteiger partial charge on any atom is 0.215 e. The van der Waals surface area contributed by atoms with E-state index < -0.39 is 10.0 Å². The smallest absolute Gasteiger partial charge is 0.213 e. The lowest BCUT2D eigenvalue weighted by Crippen LogP contribution is -2.33. The number of sulfonamides is 1. The molecule has 0 radical (unpaired) electrons. The van der Waals surface area contributed by atoms with Crippen LogP contribution in [0.3, 0.4) is 0 Å². The van der Waals surface area contributed by atoms with E-state index in [0.717, 1.165) is 18.4 Å². The van der Waals surface area contributed by atoms with Gasteiger partial charge >= 0.3 is 0 Å². The number of benzene rings is 1. The van der Waals surface area contributed by atoms with E-state index >= 15 is 0 Å². The fourth-order valence-corrected chi connectivity index (χ4v) is 3.71. The highest BCUT2D eigenvalue weighted by Gasteiger charge is 2.19. The molecule has 19 heavy (non-hydrogen) atoms. The third-order valence-corrected chi connectivity index (χ3v) is 5.09. The van der Waals surface area contributed by atoms with Crippen molar-refractivity contribution >= 4 is 21.6 Å². The van der Waals surface area contributed by atoms with Crippen molar-refractivity contribution in [2.75, 3.05) is 6.54 Å². The van der Waals surface area contributed by atoms with Crippen LogP contribution in [-0.2, 0) is 15.8 Å². The van der Waals surface area contributed by atoms with Crippen LogP contribution < -0.4 is 4.72 Å². The van der Waals surface area contributed by atoms with E-state index in [9.17, 15) is 8.42 Å². The number of rotatable bonds is 8. The topological polar surface area (TPSA) is 46.2 Å². The van der Waals surface area contributed by atoms with E-state index in [0.29, 0.717) is 12.5 Å². The van der Waals surface area contributed by atoms with Gasteiger partial charge in [0.15, 0.2) is 0 Å². The second-order valence-electron chi connectivity index (χ2n) is 4.69. The fourth-order valence-electron chi connectivity index (χ4n) is 2.02. The molecule has 0 aliphatic heterocycles. The summed E-state index contributed by atoms with van der Waals surface area (Å²) in [7, 11) is -3.31. The van der Waals surface area contributed by atoms with Crippen molar-refractivity contribution in [2.45, 2.75) is 37.8 Å². The van der Waals surface area contributed by atoms with Crippen LogP contribution >= 0.6 is 11.6 Å². The standard InChI is InChI=1S/C14H22ClNO2S/c1-3-13(4-2)14(15)10-16-19(17,18)11-12-8-6-5-7-9-12/h5-9,13-14,16H,3-4,10-11H2,1-2H3. The summed E-state index contributed by atoms with van der Waals surface area (Å²) in [6.45, 7) is 4.44. The Morgan fingerprint density at radius 2 is 1.74 bits per heavy atom. The molecule has 0 saturated heterocycles. The van der Waals surface area contributed by atoms with Crippen molar-refractivity contribution in [3.05, 3.63) is 35.9 Å². The van der Waals surface area contributed by atoms with Gasteiger partial charge in [0.2, 0.25) is 10.0 Å². The number of alkyl halides is 1. The molecule has 3 nitrogen and oxygen atoms in total. The molecule has 5 heteroatoms. The lowest BCUT2D eigenvalue weighted by atomic mass is 9.99. The van der Waals surface area contributed by atoms with Gasteiger partial charge in [-0.15, -0.1) is 11.6 Å². The van der Waals surface area contributed by atoms with Crippen molar-refractivity contribution in [1.82, 2.24) is 4.72 Å². The molecule has 0 saturated carbocycles. The summed E-state index contributed by atoms with van der Waals surface area (Å²) in [6, 6.07) is 9.14. The summed E-state index contributed by atoms with van der Waals surface area (Å²) in [4.78, 5) is 0. The van der Waals surface area contributed by atoms with Gasteiger partial charge in [-0.25, -0.2) is 13.1 Å². The lowest BCUT2D eigenvalue weighted by Gasteiger charge is -2.19. The minimum Gasteiger partial charge on any atom is -0.213 e. The highest BCUT2D eigenvalue weighted by atomic mass is 35.5. The zero-order valence-electron chi connectivity index (χ0n) is 11.5. The molecule has 0 spiro atoms. The van der Waals surface area contributed by atoms with Crippen LogP contribution in [0, 0.1) is 5.92 Å². The van der Waals surface area contributed by atoms with Crippen LogP contribution in [0.5, 0.6) is 0 Å². The Kier molecular flexibility index (Phi) is 6.83. The first-order valence-corrected chi connectivity index (χ1v) is 8.72. The minimum atomic E-state index is -3.31. The van der Waals surface area contributed by atoms with E-state index in [2.05, 4.69) is 18.6 Å². The highest BCUT2D eigenvalue weighted by Crippen LogP contribution is 2.18. The van der Waals surface area contributed by atoms with Gasteiger partial charge in [0.05, 0.1) is 5.75 Å². The van der Waals surface area contributed by atoms with Crippen molar-refractivity contribution < 1.29 is 8.42 Å². The molecule has 1 atom stereocenters. The molecule has 1 unspecified atom stereocenters. The Bertz CT molecular complexity index is 458. The summed E-state index contributed by atoms with van der Waals surface area (Å²) < 4.78 is 26.5. The largest absolute Gasteiger partial charge is 0.215 e. The average molecular weight is 304 g/mol. The molecule has 1 N–H and O–H groups in total. The molecule has 0 heterocycles. The summed E-state index contributed by atoms with van der Waals surface area (Å²) >= 11 is 6.23. The van der Waals surface area contributed by atoms with Gasteiger partial charge in [-0.2, -0.15) is 0 Å². The molecule has 1 aromatic rings. The van der Waals surface area contributed by atoms with Gasteiger partial charge in [0.25, 0.3) is 0 Å². The molecule has 0 amide bonds. The number of nitrogens with one attached hydrogen (secondary N) is 1. The Morgan fingerprint density at radius 1 is 1.16 bits per heavy atom. The Hall–Kier alpha value is -0.580. The van der Waals surface area contributed by atoms with Gasteiger partial charge < -0.3 is 0 Å².